The van der Waals surface area contributed by atoms with Crippen LogP contribution >= 0.6 is 0 Å². The van der Waals surface area contributed by atoms with Crippen LogP contribution < -0.4 is 10.6 Å². The van der Waals surface area contributed by atoms with Gasteiger partial charge in [0.2, 0.25) is 5.95 Å². The van der Waals surface area contributed by atoms with E-state index in [-0.39, 0.29) is 12.7 Å². The number of fused-ring (bicyclic) bond motifs is 1. The van der Waals surface area contributed by atoms with E-state index in [1.807, 2.05) is 24.3 Å². The van der Waals surface area contributed by atoms with Crippen LogP contribution in [-0.2, 0) is 4.74 Å². The molecule has 112 valence electrons. The van der Waals surface area contributed by atoms with Gasteiger partial charge in [-0.25, -0.2) is 4.98 Å². The Morgan fingerprint density at radius 2 is 2.14 bits per heavy atom. The summed E-state index contributed by atoms with van der Waals surface area (Å²) >= 11 is 0. The first-order valence-electron chi connectivity index (χ1n) is 7.34. The maximum absolute atomic E-state index is 8.91. The molecule has 0 bridgehead atoms. The Kier molecular flexibility index (Phi) is 4.47. The summed E-state index contributed by atoms with van der Waals surface area (Å²) in [5.74, 6) is 1.33. The molecule has 21 heavy (non-hydrogen) atoms. The summed E-state index contributed by atoms with van der Waals surface area (Å²) in [6.07, 6.45) is 2.47. The van der Waals surface area contributed by atoms with Crippen molar-refractivity contribution in [2.24, 2.45) is 0 Å². The highest BCUT2D eigenvalue weighted by Crippen LogP contribution is 2.22. The molecule has 0 saturated carbocycles. The molecule has 3 rings (SSSR count). The fraction of sp³-hybridized carbons (Fsp3) is 0.467. The van der Waals surface area contributed by atoms with E-state index >= 15 is 0 Å². The molecular weight excluding hydrogens is 268 g/mol. The average molecular weight is 288 g/mol. The lowest BCUT2D eigenvalue weighted by Gasteiger charge is -2.14. The molecule has 1 aliphatic heterocycles. The Morgan fingerprint density at radius 1 is 1.24 bits per heavy atom. The third-order valence-electron chi connectivity index (χ3n) is 3.52. The maximum Gasteiger partial charge on any atom is 0.225 e. The number of benzene rings is 1. The van der Waals surface area contributed by atoms with Crippen LogP contribution in [0.25, 0.3) is 10.9 Å². The van der Waals surface area contributed by atoms with Crippen LogP contribution in [0.5, 0.6) is 0 Å². The van der Waals surface area contributed by atoms with Gasteiger partial charge in [-0.1, -0.05) is 12.1 Å². The average Bonchev–Trinajstić information content (AvgIpc) is 3.04. The zero-order chi connectivity index (χ0) is 14.5. The molecule has 2 heterocycles. The van der Waals surface area contributed by atoms with Crippen molar-refractivity contribution in [2.75, 3.05) is 36.9 Å². The highest BCUT2D eigenvalue weighted by Gasteiger charge is 2.16. The molecule has 0 unspecified atom stereocenters. The number of aliphatic hydroxyl groups excluding tert-OH is 1. The molecule has 1 atom stereocenters. The molecule has 0 radical (unpaired) electrons. The number of ether oxygens (including phenoxy) is 1. The Bertz CT molecular complexity index is 599. The molecule has 1 fully saturated rings. The van der Waals surface area contributed by atoms with Crippen molar-refractivity contribution in [3.05, 3.63) is 24.3 Å². The van der Waals surface area contributed by atoms with E-state index in [9.17, 15) is 0 Å². The van der Waals surface area contributed by atoms with Gasteiger partial charge in [0.05, 0.1) is 18.2 Å². The number of nitrogens with zero attached hydrogens (tertiary/aromatic N) is 2. The first-order chi connectivity index (χ1) is 10.4. The predicted octanol–water partition coefficient (Wildman–Crippen LogP) is 1.62. The lowest BCUT2D eigenvalue weighted by molar-refractivity contribution is 0.120. The number of rotatable bonds is 6. The highest BCUT2D eigenvalue weighted by atomic mass is 16.5. The monoisotopic (exact) mass is 288 g/mol. The Morgan fingerprint density at radius 3 is 2.95 bits per heavy atom. The second-order valence-electron chi connectivity index (χ2n) is 5.08. The van der Waals surface area contributed by atoms with Gasteiger partial charge >= 0.3 is 0 Å². The van der Waals surface area contributed by atoms with Gasteiger partial charge in [-0.2, -0.15) is 4.98 Å². The van der Waals surface area contributed by atoms with Crippen molar-refractivity contribution in [1.82, 2.24) is 9.97 Å². The van der Waals surface area contributed by atoms with E-state index in [1.165, 1.54) is 0 Å². The van der Waals surface area contributed by atoms with E-state index in [1.54, 1.807) is 0 Å². The number of anilines is 2. The Hall–Kier alpha value is -1.92. The van der Waals surface area contributed by atoms with E-state index < -0.39 is 0 Å². The number of aliphatic hydroxyl groups is 1. The molecule has 2 aromatic rings. The fourth-order valence-corrected chi connectivity index (χ4v) is 2.47. The van der Waals surface area contributed by atoms with E-state index in [4.69, 9.17) is 9.84 Å². The first-order valence-corrected chi connectivity index (χ1v) is 7.34. The number of hydrogen-bond acceptors (Lipinski definition) is 6. The number of nitrogens with one attached hydrogen (secondary N) is 2. The smallest absolute Gasteiger partial charge is 0.225 e. The minimum absolute atomic E-state index is 0.0505. The summed E-state index contributed by atoms with van der Waals surface area (Å²) in [6.45, 7) is 2.08. The van der Waals surface area contributed by atoms with Crippen LogP contribution in [0.15, 0.2) is 24.3 Å². The molecule has 6 heteroatoms. The minimum atomic E-state index is 0.0505. The molecule has 0 spiro atoms. The molecule has 1 aliphatic rings. The first kappa shape index (κ1) is 14.0. The molecule has 6 nitrogen and oxygen atoms in total. The van der Waals surface area contributed by atoms with Gasteiger partial charge in [-0.05, 0) is 25.0 Å². The van der Waals surface area contributed by atoms with E-state index in [0.717, 1.165) is 42.7 Å². The van der Waals surface area contributed by atoms with Crippen LogP contribution in [0.2, 0.25) is 0 Å². The zero-order valence-corrected chi connectivity index (χ0v) is 11.9. The largest absolute Gasteiger partial charge is 0.395 e. The van der Waals surface area contributed by atoms with Crippen LogP contribution in [0, 0.1) is 0 Å². The predicted molar refractivity (Wildman–Crippen MR) is 82.6 cm³/mol. The van der Waals surface area contributed by atoms with Crippen LogP contribution in [-0.4, -0.2) is 47.5 Å². The Labute approximate surface area is 123 Å². The summed E-state index contributed by atoms with van der Waals surface area (Å²) in [6, 6.07) is 7.89. The third-order valence-corrected chi connectivity index (χ3v) is 3.52. The zero-order valence-electron chi connectivity index (χ0n) is 11.9. The molecular formula is C15H20N4O2. The topological polar surface area (TPSA) is 79.3 Å². The van der Waals surface area contributed by atoms with Gasteiger partial charge in [0.15, 0.2) is 0 Å². The number of para-hydroxylation sites is 1. The Balaban J connectivity index is 1.82. The molecule has 1 saturated heterocycles. The standard InChI is InChI=1S/C15H20N4O2/c20-8-7-16-15-18-13-6-2-1-5-12(13)14(19-15)17-10-11-4-3-9-21-11/h1-2,5-6,11,20H,3-4,7-10H2,(H2,16,17,18,19)/t11-/m0/s1. The maximum atomic E-state index is 8.91. The highest BCUT2D eigenvalue weighted by molar-refractivity contribution is 5.90. The van der Waals surface area contributed by atoms with E-state index in [0.29, 0.717) is 12.5 Å². The van der Waals surface area contributed by atoms with Crippen LogP contribution in [0.3, 0.4) is 0 Å². The van der Waals surface area contributed by atoms with Crippen LogP contribution in [0.1, 0.15) is 12.8 Å². The molecule has 1 aromatic heterocycles. The van der Waals surface area contributed by atoms with Crippen molar-refractivity contribution in [3.63, 3.8) is 0 Å². The lowest BCUT2D eigenvalue weighted by atomic mass is 10.2. The van der Waals surface area contributed by atoms with Crippen molar-refractivity contribution in [2.45, 2.75) is 18.9 Å². The second kappa shape index (κ2) is 6.69. The van der Waals surface area contributed by atoms with Crippen molar-refractivity contribution >= 4 is 22.7 Å². The van der Waals surface area contributed by atoms with Gasteiger partial charge in [0.25, 0.3) is 0 Å². The SMILES string of the molecule is OCCNc1nc(NC[C@@H]2CCCO2)c2ccccc2n1. The lowest BCUT2D eigenvalue weighted by Crippen LogP contribution is -2.19. The molecule has 0 amide bonds. The van der Waals surface area contributed by atoms with Crippen LogP contribution in [0.4, 0.5) is 11.8 Å². The molecule has 0 aliphatic carbocycles. The third kappa shape index (κ3) is 3.40. The fourth-order valence-electron chi connectivity index (χ4n) is 2.47. The summed E-state index contributed by atoms with van der Waals surface area (Å²) in [5.41, 5.74) is 0.878. The van der Waals surface area contributed by atoms with Crippen molar-refractivity contribution < 1.29 is 9.84 Å². The van der Waals surface area contributed by atoms with Gasteiger partial charge in [-0.3, -0.25) is 0 Å². The van der Waals surface area contributed by atoms with Gasteiger partial charge in [0, 0.05) is 25.1 Å². The van der Waals surface area contributed by atoms with Gasteiger partial charge < -0.3 is 20.5 Å². The summed E-state index contributed by atoms with van der Waals surface area (Å²) < 4.78 is 5.63. The normalized spacial score (nSPS) is 18.0. The second-order valence-corrected chi connectivity index (χ2v) is 5.08. The summed E-state index contributed by atoms with van der Waals surface area (Å²) in [4.78, 5) is 8.95. The molecule has 3 N–H and O–H groups in total. The summed E-state index contributed by atoms with van der Waals surface area (Å²) in [7, 11) is 0. The summed E-state index contributed by atoms with van der Waals surface area (Å²) in [5, 5.41) is 16.3. The van der Waals surface area contributed by atoms with Crippen molar-refractivity contribution in [1.29, 1.82) is 0 Å². The van der Waals surface area contributed by atoms with Gasteiger partial charge in [0.1, 0.15) is 5.82 Å². The van der Waals surface area contributed by atoms with E-state index in [2.05, 4.69) is 20.6 Å². The van der Waals surface area contributed by atoms with Gasteiger partial charge in [-0.15, -0.1) is 0 Å². The van der Waals surface area contributed by atoms with Crippen molar-refractivity contribution in [3.8, 4) is 0 Å². The number of hydrogen-bond donors (Lipinski definition) is 3. The quantitative estimate of drug-likeness (QED) is 0.749. The number of aromatic nitrogens is 2. The minimum Gasteiger partial charge on any atom is -0.395 e. The molecule has 1 aromatic carbocycles.